The average Bonchev–Trinajstić information content (AvgIpc) is 2.78. The van der Waals surface area contributed by atoms with Gasteiger partial charge in [0.2, 0.25) is 0 Å². The van der Waals surface area contributed by atoms with E-state index in [0.717, 1.165) is 27.6 Å². The average molecular weight is 414 g/mol. The number of carbonyl (C=O) groups is 1. The van der Waals surface area contributed by atoms with Crippen molar-refractivity contribution in [1.29, 1.82) is 0 Å². The number of aromatic amines is 1. The van der Waals surface area contributed by atoms with E-state index in [1.165, 1.54) is 6.07 Å². The van der Waals surface area contributed by atoms with Crippen molar-refractivity contribution < 1.29 is 14.6 Å². The maximum absolute atomic E-state index is 12.2. The molecule has 0 radical (unpaired) electrons. The third-order valence-corrected chi connectivity index (χ3v) is 4.95. The van der Waals surface area contributed by atoms with Crippen LogP contribution in [0, 0.1) is 0 Å². The van der Waals surface area contributed by atoms with Gasteiger partial charge in [0.25, 0.3) is 5.56 Å². The zero-order valence-corrected chi connectivity index (χ0v) is 16.9. The molecule has 6 nitrogen and oxygen atoms in total. The van der Waals surface area contributed by atoms with Crippen LogP contribution < -0.4 is 10.3 Å². The van der Waals surface area contributed by atoms with Gasteiger partial charge in [-0.05, 0) is 41.8 Å². The summed E-state index contributed by atoms with van der Waals surface area (Å²) in [7, 11) is 0. The SMILES string of the molecule is O=C(O)CCCCOc1ccc2cc(-c3nc(-c4ccccc4)cc(=O)[nH]3)ccc2c1. The molecule has 4 rings (SSSR count). The lowest BCUT2D eigenvalue weighted by Gasteiger charge is -2.09. The van der Waals surface area contributed by atoms with Crippen LogP contribution in [0.1, 0.15) is 19.3 Å². The molecule has 4 aromatic rings. The van der Waals surface area contributed by atoms with Gasteiger partial charge in [-0.25, -0.2) is 4.98 Å². The molecule has 3 aromatic carbocycles. The fourth-order valence-corrected chi connectivity index (χ4v) is 3.38. The van der Waals surface area contributed by atoms with Crippen molar-refractivity contribution in [3.05, 3.63) is 83.2 Å². The number of ether oxygens (including phenoxy) is 1. The van der Waals surface area contributed by atoms with E-state index in [9.17, 15) is 9.59 Å². The van der Waals surface area contributed by atoms with Crippen LogP contribution in [0.4, 0.5) is 0 Å². The summed E-state index contributed by atoms with van der Waals surface area (Å²) in [6.07, 6.45) is 1.45. The van der Waals surface area contributed by atoms with Gasteiger partial charge in [-0.2, -0.15) is 0 Å². The first-order valence-electron chi connectivity index (χ1n) is 10.1. The molecule has 0 saturated carbocycles. The molecular formula is C25H22N2O4. The van der Waals surface area contributed by atoms with E-state index in [1.807, 2.05) is 66.7 Å². The van der Waals surface area contributed by atoms with Crippen LogP contribution >= 0.6 is 0 Å². The zero-order chi connectivity index (χ0) is 21.6. The van der Waals surface area contributed by atoms with Crippen LogP contribution in [0.3, 0.4) is 0 Å². The van der Waals surface area contributed by atoms with Gasteiger partial charge in [0.1, 0.15) is 11.6 Å². The molecule has 0 saturated heterocycles. The van der Waals surface area contributed by atoms with Crippen molar-refractivity contribution in [3.63, 3.8) is 0 Å². The minimum absolute atomic E-state index is 0.158. The van der Waals surface area contributed by atoms with Crippen molar-refractivity contribution in [2.24, 2.45) is 0 Å². The number of nitrogens with one attached hydrogen (secondary N) is 1. The standard InChI is InChI=1S/C25H22N2O4/c28-23-16-22(17-6-2-1-3-7-17)26-25(27-23)20-10-9-19-15-21(12-11-18(19)14-20)31-13-5-4-8-24(29)30/h1-3,6-7,9-12,14-16H,4-5,8,13H2,(H,29,30)(H,26,27,28). The molecule has 6 heteroatoms. The number of H-pyrrole nitrogens is 1. The molecule has 0 bridgehead atoms. The fourth-order valence-electron chi connectivity index (χ4n) is 3.38. The van der Waals surface area contributed by atoms with Crippen LogP contribution in [-0.2, 0) is 4.79 Å². The Kier molecular flexibility index (Phi) is 6.08. The molecule has 0 amide bonds. The fraction of sp³-hybridized carbons (Fsp3) is 0.160. The molecule has 0 fully saturated rings. The zero-order valence-electron chi connectivity index (χ0n) is 16.9. The number of hydrogen-bond acceptors (Lipinski definition) is 4. The molecule has 2 N–H and O–H groups in total. The van der Waals surface area contributed by atoms with Gasteiger partial charge in [-0.15, -0.1) is 0 Å². The lowest BCUT2D eigenvalue weighted by molar-refractivity contribution is -0.137. The highest BCUT2D eigenvalue weighted by atomic mass is 16.5. The normalized spacial score (nSPS) is 10.8. The molecule has 0 aliphatic rings. The number of rotatable bonds is 8. The minimum atomic E-state index is -0.786. The molecule has 0 aliphatic carbocycles. The van der Waals surface area contributed by atoms with Crippen LogP contribution in [0.15, 0.2) is 77.6 Å². The van der Waals surface area contributed by atoms with Gasteiger partial charge in [0.05, 0.1) is 12.3 Å². The predicted molar refractivity (Wildman–Crippen MR) is 120 cm³/mol. The Morgan fingerprint density at radius 2 is 1.68 bits per heavy atom. The maximum Gasteiger partial charge on any atom is 0.303 e. The first-order chi connectivity index (χ1) is 15.1. The number of fused-ring (bicyclic) bond motifs is 1. The summed E-state index contributed by atoms with van der Waals surface area (Å²) < 4.78 is 5.74. The van der Waals surface area contributed by atoms with Gasteiger partial charge in [0, 0.05) is 23.6 Å². The molecule has 1 heterocycles. The predicted octanol–water partition coefficient (Wildman–Crippen LogP) is 4.89. The highest BCUT2D eigenvalue weighted by molar-refractivity contribution is 5.87. The monoisotopic (exact) mass is 414 g/mol. The van der Waals surface area contributed by atoms with Crippen LogP contribution in [0.5, 0.6) is 5.75 Å². The highest BCUT2D eigenvalue weighted by Crippen LogP contribution is 2.26. The number of aliphatic carboxylic acids is 1. The summed E-state index contributed by atoms with van der Waals surface area (Å²) in [5.41, 5.74) is 2.15. The smallest absolute Gasteiger partial charge is 0.303 e. The van der Waals surface area contributed by atoms with E-state index in [-0.39, 0.29) is 12.0 Å². The Balaban J connectivity index is 1.54. The van der Waals surface area contributed by atoms with Gasteiger partial charge >= 0.3 is 5.97 Å². The second-order valence-electron chi connectivity index (χ2n) is 7.27. The Hall–Kier alpha value is -3.93. The third-order valence-electron chi connectivity index (χ3n) is 4.95. The molecule has 0 unspecified atom stereocenters. The number of carboxylic acid groups (broad SMARTS) is 1. The number of nitrogens with zero attached hydrogens (tertiary/aromatic N) is 1. The number of carboxylic acids is 1. The van der Waals surface area contributed by atoms with E-state index >= 15 is 0 Å². The Morgan fingerprint density at radius 3 is 2.48 bits per heavy atom. The van der Waals surface area contributed by atoms with Crippen LogP contribution in [-0.4, -0.2) is 27.7 Å². The van der Waals surface area contributed by atoms with Gasteiger partial charge in [0.15, 0.2) is 0 Å². The van der Waals surface area contributed by atoms with E-state index in [0.29, 0.717) is 31.0 Å². The molecule has 1 aromatic heterocycles. The van der Waals surface area contributed by atoms with Gasteiger partial charge in [-0.1, -0.05) is 48.5 Å². The summed E-state index contributed by atoms with van der Waals surface area (Å²) in [5.74, 6) is 0.479. The molecule has 0 aliphatic heterocycles. The molecule has 156 valence electrons. The summed E-state index contributed by atoms with van der Waals surface area (Å²) >= 11 is 0. The first-order valence-corrected chi connectivity index (χ1v) is 10.1. The second-order valence-corrected chi connectivity index (χ2v) is 7.27. The molecule has 0 atom stereocenters. The number of aromatic nitrogens is 2. The quantitative estimate of drug-likeness (QED) is 0.401. The van der Waals surface area contributed by atoms with Crippen LogP contribution in [0.25, 0.3) is 33.4 Å². The Labute approximate surface area is 179 Å². The first kappa shape index (κ1) is 20.3. The molecule has 0 spiro atoms. The van der Waals surface area contributed by atoms with Crippen molar-refractivity contribution in [1.82, 2.24) is 9.97 Å². The lowest BCUT2D eigenvalue weighted by Crippen LogP contribution is -2.08. The van der Waals surface area contributed by atoms with Crippen molar-refractivity contribution in [2.75, 3.05) is 6.61 Å². The second kappa shape index (κ2) is 9.26. The lowest BCUT2D eigenvalue weighted by atomic mass is 10.1. The third kappa shape index (κ3) is 5.17. The topological polar surface area (TPSA) is 92.3 Å². The Morgan fingerprint density at radius 1 is 0.903 bits per heavy atom. The van der Waals surface area contributed by atoms with E-state index in [4.69, 9.17) is 9.84 Å². The highest BCUT2D eigenvalue weighted by Gasteiger charge is 2.08. The molecular weight excluding hydrogens is 392 g/mol. The Bertz CT molecular complexity index is 1270. The van der Waals surface area contributed by atoms with E-state index in [2.05, 4.69) is 9.97 Å². The summed E-state index contributed by atoms with van der Waals surface area (Å²) in [4.78, 5) is 30.2. The number of unbranched alkanes of at least 4 members (excludes halogenated alkanes) is 1. The van der Waals surface area contributed by atoms with Crippen molar-refractivity contribution in [3.8, 4) is 28.4 Å². The summed E-state index contributed by atoms with van der Waals surface area (Å²) in [5, 5.41) is 10.7. The van der Waals surface area contributed by atoms with Crippen LogP contribution in [0.2, 0.25) is 0 Å². The maximum atomic E-state index is 12.2. The van der Waals surface area contributed by atoms with Crippen molar-refractivity contribution >= 4 is 16.7 Å². The number of benzene rings is 3. The van der Waals surface area contributed by atoms with Gasteiger partial charge < -0.3 is 14.8 Å². The van der Waals surface area contributed by atoms with E-state index in [1.54, 1.807) is 0 Å². The largest absolute Gasteiger partial charge is 0.494 e. The van der Waals surface area contributed by atoms with Gasteiger partial charge in [-0.3, -0.25) is 9.59 Å². The minimum Gasteiger partial charge on any atom is -0.494 e. The van der Waals surface area contributed by atoms with E-state index < -0.39 is 5.97 Å². The number of hydrogen-bond donors (Lipinski definition) is 2. The summed E-state index contributed by atoms with van der Waals surface area (Å²) in [6, 6.07) is 22.8. The van der Waals surface area contributed by atoms with Crippen molar-refractivity contribution in [2.45, 2.75) is 19.3 Å². The summed E-state index contributed by atoms with van der Waals surface area (Å²) in [6.45, 7) is 0.480. The molecule has 31 heavy (non-hydrogen) atoms.